The standard InChI is InChI=1S/C18H19F2NO3/c1-12-5-4-6-14(9-12)17(22)21(2)11-13-7-8-15(23-3)16(10-13)24-18(19)20/h4-10,18H,11H2,1-3H3. The van der Waals surface area contributed by atoms with Crippen LogP contribution in [0.2, 0.25) is 0 Å². The molecule has 0 N–H and O–H groups in total. The number of alkyl halides is 2. The molecular formula is C18H19F2NO3. The molecule has 0 unspecified atom stereocenters. The molecular weight excluding hydrogens is 316 g/mol. The average molecular weight is 335 g/mol. The van der Waals surface area contributed by atoms with E-state index in [0.29, 0.717) is 11.1 Å². The van der Waals surface area contributed by atoms with Crippen molar-refractivity contribution in [3.8, 4) is 11.5 Å². The Morgan fingerprint density at radius 3 is 2.54 bits per heavy atom. The van der Waals surface area contributed by atoms with Crippen molar-refractivity contribution >= 4 is 5.91 Å². The summed E-state index contributed by atoms with van der Waals surface area (Å²) in [4.78, 5) is 14.0. The molecule has 6 heteroatoms. The second-order valence-electron chi connectivity index (χ2n) is 5.39. The summed E-state index contributed by atoms with van der Waals surface area (Å²) in [5.74, 6) is 0.0129. The number of amides is 1. The van der Waals surface area contributed by atoms with Crippen molar-refractivity contribution in [3.05, 3.63) is 59.2 Å². The molecule has 0 saturated heterocycles. The van der Waals surface area contributed by atoms with Gasteiger partial charge in [0, 0.05) is 19.2 Å². The number of rotatable bonds is 6. The molecule has 0 aliphatic carbocycles. The first kappa shape index (κ1) is 17.7. The van der Waals surface area contributed by atoms with E-state index in [1.54, 1.807) is 25.2 Å². The van der Waals surface area contributed by atoms with Gasteiger partial charge in [0.15, 0.2) is 11.5 Å². The van der Waals surface area contributed by atoms with Gasteiger partial charge in [-0.1, -0.05) is 23.8 Å². The van der Waals surface area contributed by atoms with E-state index in [4.69, 9.17) is 4.74 Å². The fourth-order valence-corrected chi connectivity index (χ4v) is 2.35. The van der Waals surface area contributed by atoms with Gasteiger partial charge >= 0.3 is 6.61 Å². The monoisotopic (exact) mass is 335 g/mol. The summed E-state index contributed by atoms with van der Waals surface area (Å²) in [6.45, 7) is -0.772. The minimum Gasteiger partial charge on any atom is -0.493 e. The molecule has 1 amide bonds. The number of ether oxygens (including phenoxy) is 2. The number of carbonyl (C=O) groups is 1. The predicted octanol–water partition coefficient (Wildman–Crippen LogP) is 3.88. The summed E-state index contributed by atoms with van der Waals surface area (Å²) < 4.78 is 34.4. The lowest BCUT2D eigenvalue weighted by Gasteiger charge is -2.19. The van der Waals surface area contributed by atoms with Crippen LogP contribution in [0.4, 0.5) is 8.78 Å². The number of hydrogen-bond acceptors (Lipinski definition) is 3. The Bertz CT molecular complexity index is 719. The molecule has 4 nitrogen and oxygen atoms in total. The highest BCUT2D eigenvalue weighted by Crippen LogP contribution is 2.30. The lowest BCUT2D eigenvalue weighted by molar-refractivity contribution is -0.0512. The van der Waals surface area contributed by atoms with E-state index >= 15 is 0 Å². The fraction of sp³-hybridized carbons (Fsp3) is 0.278. The molecule has 2 aromatic carbocycles. The van der Waals surface area contributed by atoms with Crippen LogP contribution in [0.1, 0.15) is 21.5 Å². The van der Waals surface area contributed by atoms with Crippen molar-refractivity contribution in [1.29, 1.82) is 0 Å². The highest BCUT2D eigenvalue weighted by molar-refractivity contribution is 5.94. The predicted molar refractivity (Wildman–Crippen MR) is 86.6 cm³/mol. The topological polar surface area (TPSA) is 38.8 Å². The van der Waals surface area contributed by atoms with Gasteiger partial charge in [0.2, 0.25) is 0 Å². The molecule has 2 aromatic rings. The molecule has 0 aliphatic rings. The van der Waals surface area contributed by atoms with Gasteiger partial charge in [-0.05, 0) is 36.8 Å². The van der Waals surface area contributed by atoms with Crippen molar-refractivity contribution in [2.45, 2.75) is 20.1 Å². The molecule has 128 valence electrons. The Labute approximate surface area is 139 Å². The highest BCUT2D eigenvalue weighted by atomic mass is 19.3. The second-order valence-corrected chi connectivity index (χ2v) is 5.39. The minimum atomic E-state index is -2.94. The zero-order valence-corrected chi connectivity index (χ0v) is 13.8. The van der Waals surface area contributed by atoms with E-state index in [9.17, 15) is 13.6 Å². The zero-order valence-electron chi connectivity index (χ0n) is 13.8. The maximum Gasteiger partial charge on any atom is 0.387 e. The van der Waals surface area contributed by atoms with Gasteiger partial charge in [-0.15, -0.1) is 0 Å². The van der Waals surface area contributed by atoms with Crippen molar-refractivity contribution < 1.29 is 23.0 Å². The van der Waals surface area contributed by atoms with Crippen LogP contribution >= 0.6 is 0 Å². The highest BCUT2D eigenvalue weighted by Gasteiger charge is 2.15. The number of halogens is 2. The van der Waals surface area contributed by atoms with Gasteiger partial charge < -0.3 is 14.4 Å². The third kappa shape index (κ3) is 4.44. The van der Waals surface area contributed by atoms with Crippen molar-refractivity contribution in [1.82, 2.24) is 4.90 Å². The molecule has 0 spiro atoms. The second kappa shape index (κ2) is 7.77. The first-order valence-corrected chi connectivity index (χ1v) is 7.34. The number of hydrogen-bond donors (Lipinski definition) is 0. The summed E-state index contributed by atoms with van der Waals surface area (Å²) >= 11 is 0. The van der Waals surface area contributed by atoms with E-state index in [0.717, 1.165) is 5.56 Å². The molecule has 0 aromatic heterocycles. The Kier molecular flexibility index (Phi) is 5.73. The van der Waals surface area contributed by atoms with Gasteiger partial charge in [-0.3, -0.25) is 4.79 Å². The quantitative estimate of drug-likeness (QED) is 0.804. The van der Waals surface area contributed by atoms with Crippen LogP contribution < -0.4 is 9.47 Å². The van der Waals surface area contributed by atoms with Gasteiger partial charge in [-0.2, -0.15) is 8.78 Å². The van der Waals surface area contributed by atoms with Crippen LogP contribution in [0.15, 0.2) is 42.5 Å². The van der Waals surface area contributed by atoms with Gasteiger partial charge in [0.05, 0.1) is 7.11 Å². The Balaban J connectivity index is 2.16. The van der Waals surface area contributed by atoms with Crippen LogP contribution in [0.5, 0.6) is 11.5 Å². The number of aryl methyl sites for hydroxylation is 1. The maximum absolute atomic E-state index is 12.5. The number of nitrogens with zero attached hydrogens (tertiary/aromatic N) is 1. The van der Waals surface area contributed by atoms with Gasteiger partial charge in [-0.25, -0.2) is 0 Å². The van der Waals surface area contributed by atoms with E-state index in [-0.39, 0.29) is 24.0 Å². The van der Waals surface area contributed by atoms with Crippen LogP contribution in [0.25, 0.3) is 0 Å². The van der Waals surface area contributed by atoms with Crippen LogP contribution in [0.3, 0.4) is 0 Å². The van der Waals surface area contributed by atoms with Crippen molar-refractivity contribution in [2.24, 2.45) is 0 Å². The summed E-state index contributed by atoms with van der Waals surface area (Å²) in [5, 5.41) is 0. The Morgan fingerprint density at radius 2 is 1.92 bits per heavy atom. The summed E-state index contributed by atoms with van der Waals surface area (Å²) in [6, 6.07) is 12.0. The molecule has 2 rings (SSSR count). The third-order valence-corrected chi connectivity index (χ3v) is 3.48. The molecule has 0 aliphatic heterocycles. The van der Waals surface area contributed by atoms with Crippen LogP contribution in [0, 0.1) is 6.92 Å². The first-order valence-electron chi connectivity index (χ1n) is 7.34. The molecule has 0 radical (unpaired) electrons. The SMILES string of the molecule is COc1ccc(CN(C)C(=O)c2cccc(C)c2)cc1OC(F)F. The molecule has 0 saturated carbocycles. The zero-order chi connectivity index (χ0) is 17.7. The summed E-state index contributed by atoms with van der Waals surface area (Å²) in [6.07, 6.45) is 0. The van der Waals surface area contributed by atoms with E-state index in [2.05, 4.69) is 4.74 Å². The van der Waals surface area contributed by atoms with Gasteiger partial charge in [0.1, 0.15) is 0 Å². The van der Waals surface area contributed by atoms with Crippen LogP contribution in [-0.4, -0.2) is 31.6 Å². The van der Waals surface area contributed by atoms with Crippen molar-refractivity contribution in [2.75, 3.05) is 14.2 Å². The lowest BCUT2D eigenvalue weighted by Crippen LogP contribution is -2.26. The third-order valence-electron chi connectivity index (χ3n) is 3.48. The Morgan fingerprint density at radius 1 is 1.17 bits per heavy atom. The fourth-order valence-electron chi connectivity index (χ4n) is 2.35. The molecule has 0 heterocycles. The smallest absolute Gasteiger partial charge is 0.387 e. The summed E-state index contributed by atoms with van der Waals surface area (Å²) in [5.41, 5.74) is 2.23. The molecule has 0 fully saturated rings. The van der Waals surface area contributed by atoms with E-state index in [1.165, 1.54) is 24.1 Å². The van der Waals surface area contributed by atoms with Crippen molar-refractivity contribution in [3.63, 3.8) is 0 Å². The van der Waals surface area contributed by atoms with E-state index < -0.39 is 6.61 Å². The average Bonchev–Trinajstić information content (AvgIpc) is 2.54. The van der Waals surface area contributed by atoms with Gasteiger partial charge in [0.25, 0.3) is 5.91 Å². The lowest BCUT2D eigenvalue weighted by atomic mass is 10.1. The van der Waals surface area contributed by atoms with E-state index in [1.807, 2.05) is 19.1 Å². The molecule has 24 heavy (non-hydrogen) atoms. The molecule has 0 bridgehead atoms. The summed E-state index contributed by atoms with van der Waals surface area (Å²) in [7, 11) is 3.03. The van der Waals surface area contributed by atoms with Crippen LogP contribution in [-0.2, 0) is 6.54 Å². The molecule has 0 atom stereocenters. The number of benzene rings is 2. The number of carbonyl (C=O) groups excluding carboxylic acids is 1. The minimum absolute atomic E-state index is 0.0543. The first-order chi connectivity index (χ1) is 11.4. The maximum atomic E-state index is 12.5. The normalized spacial score (nSPS) is 10.6. The Hall–Kier alpha value is -2.63. The largest absolute Gasteiger partial charge is 0.493 e. The number of methoxy groups -OCH3 is 1.